The average Bonchev–Trinajstić information content (AvgIpc) is 3.95. The fourth-order valence-corrected chi connectivity index (χ4v) is 10.8. The highest BCUT2D eigenvalue weighted by molar-refractivity contribution is 7.23. The number of carbonyl (C=O) groups is 1. The van der Waals surface area contributed by atoms with Crippen LogP contribution in [0, 0.1) is 34.3 Å². The summed E-state index contributed by atoms with van der Waals surface area (Å²) in [5.74, 6) is -0.0708. The van der Waals surface area contributed by atoms with Crippen LogP contribution in [0.1, 0.15) is 44.1 Å². The van der Waals surface area contributed by atoms with Crippen LogP contribution in [0.4, 0.5) is 24.0 Å². The first-order valence-corrected chi connectivity index (χ1v) is 19.2. The Morgan fingerprint density at radius 2 is 2.02 bits per heavy atom. The van der Waals surface area contributed by atoms with E-state index in [4.69, 9.17) is 27.1 Å². The van der Waals surface area contributed by atoms with E-state index in [1.807, 2.05) is 11.0 Å². The summed E-state index contributed by atoms with van der Waals surface area (Å²) < 4.78 is 53.0. The zero-order valence-corrected chi connectivity index (χ0v) is 29.8. The number of nitrogen functional groups attached to an aromatic ring is 1. The topological polar surface area (TPSA) is 134 Å². The number of nitrogens with one attached hydrogen (secondary N) is 1. The van der Waals surface area contributed by atoms with Crippen molar-refractivity contribution >= 4 is 60.7 Å². The van der Waals surface area contributed by atoms with Crippen LogP contribution >= 0.6 is 22.9 Å². The van der Waals surface area contributed by atoms with E-state index in [0.717, 1.165) is 37.1 Å². The van der Waals surface area contributed by atoms with E-state index in [1.54, 1.807) is 6.07 Å². The van der Waals surface area contributed by atoms with E-state index in [-0.39, 0.29) is 72.3 Å². The summed E-state index contributed by atoms with van der Waals surface area (Å²) in [6.45, 7) is 3.88. The first-order chi connectivity index (χ1) is 25.1. The molecule has 1 saturated carbocycles. The Morgan fingerprint density at radius 1 is 1.19 bits per heavy atom. The molecular formula is C37H36ClF3N8O2S. The molecule has 2 aromatic carbocycles. The molecule has 7 heterocycles. The second-order valence-electron chi connectivity index (χ2n) is 15.8. The van der Waals surface area contributed by atoms with E-state index >= 15 is 4.39 Å². The number of hydrogen-bond donors (Lipinski definition) is 2. The molecule has 1 aliphatic carbocycles. The molecule has 1 amide bonds. The fourth-order valence-electron chi connectivity index (χ4n) is 9.60. The fraction of sp³-hybridized carbons (Fsp3) is 0.514. The van der Waals surface area contributed by atoms with E-state index in [1.165, 1.54) is 25.0 Å². The quantitative estimate of drug-likeness (QED) is 0.231. The number of benzene rings is 2. The van der Waals surface area contributed by atoms with Crippen molar-refractivity contribution in [2.45, 2.75) is 62.3 Å². The molecule has 6 fully saturated rings. The monoisotopic (exact) mass is 748 g/mol. The molecule has 2 aromatic heterocycles. The number of nitrogens with two attached hydrogens (primary N) is 1. The van der Waals surface area contributed by atoms with Crippen LogP contribution in [-0.4, -0.2) is 95.3 Å². The van der Waals surface area contributed by atoms with E-state index in [2.05, 4.69) is 20.1 Å². The van der Waals surface area contributed by atoms with Crippen molar-refractivity contribution in [3.63, 3.8) is 0 Å². The predicted octanol–water partition coefficient (Wildman–Crippen LogP) is 5.64. The van der Waals surface area contributed by atoms with Crippen molar-refractivity contribution < 1.29 is 22.7 Å². The molecule has 1 spiro atoms. The molecule has 3 N–H and O–H groups in total. The summed E-state index contributed by atoms with van der Waals surface area (Å²) in [4.78, 5) is 28.9. The van der Waals surface area contributed by atoms with Gasteiger partial charge in [0.05, 0.1) is 20.8 Å². The number of nitriles is 1. The lowest BCUT2D eigenvalue weighted by Gasteiger charge is -2.49. The maximum atomic E-state index is 17.1. The second-order valence-corrected chi connectivity index (χ2v) is 17.2. The third-order valence-corrected chi connectivity index (χ3v) is 13.7. The number of rotatable bonds is 7. The lowest BCUT2D eigenvalue weighted by molar-refractivity contribution is -0.130. The number of anilines is 2. The summed E-state index contributed by atoms with van der Waals surface area (Å²) >= 11 is 7.81. The number of amides is 1. The molecule has 52 heavy (non-hydrogen) atoms. The maximum Gasteiger partial charge on any atom is 0.319 e. The summed E-state index contributed by atoms with van der Waals surface area (Å²) in [5.41, 5.74) is 5.71. The van der Waals surface area contributed by atoms with Gasteiger partial charge in [-0.1, -0.05) is 17.7 Å². The van der Waals surface area contributed by atoms with Crippen LogP contribution in [0.15, 0.2) is 18.2 Å². The molecule has 6 aliphatic rings. The largest absolute Gasteiger partial charge is 0.461 e. The number of thiophene rings is 1. The number of nitrogens with zero attached hydrogens (tertiary/aromatic N) is 6. The van der Waals surface area contributed by atoms with Crippen LogP contribution in [0.2, 0.25) is 5.02 Å². The third kappa shape index (κ3) is 4.99. The van der Waals surface area contributed by atoms with Gasteiger partial charge in [-0.25, -0.2) is 13.2 Å². The van der Waals surface area contributed by atoms with Crippen LogP contribution in [0.5, 0.6) is 6.01 Å². The molecule has 0 unspecified atom stereocenters. The molecule has 5 saturated heterocycles. The maximum absolute atomic E-state index is 17.1. The Bertz CT molecular complexity index is 2240. The van der Waals surface area contributed by atoms with Gasteiger partial charge < -0.3 is 20.3 Å². The number of ether oxygens (including phenoxy) is 1. The third-order valence-electron chi connectivity index (χ3n) is 12.4. The molecule has 4 aromatic rings. The summed E-state index contributed by atoms with van der Waals surface area (Å²) in [6.07, 6.45) is 4.38. The van der Waals surface area contributed by atoms with E-state index < -0.39 is 23.3 Å². The highest BCUT2D eigenvalue weighted by Gasteiger charge is 2.56. The second kappa shape index (κ2) is 11.5. The van der Waals surface area contributed by atoms with Crippen molar-refractivity contribution in [1.29, 1.82) is 5.26 Å². The molecule has 10 rings (SSSR count). The molecule has 5 aliphatic heterocycles. The molecule has 4 atom stereocenters. The Labute approximate surface area is 306 Å². The number of likely N-dealkylation sites (tertiary alicyclic amines) is 1. The van der Waals surface area contributed by atoms with Crippen LogP contribution in [0.3, 0.4) is 0 Å². The van der Waals surface area contributed by atoms with E-state index in [0.29, 0.717) is 62.3 Å². The lowest BCUT2D eigenvalue weighted by atomic mass is 9.79. The minimum Gasteiger partial charge on any atom is -0.461 e. The Morgan fingerprint density at radius 3 is 2.81 bits per heavy atom. The van der Waals surface area contributed by atoms with Gasteiger partial charge in [-0.15, -0.1) is 11.3 Å². The highest BCUT2D eigenvalue weighted by Crippen LogP contribution is 2.49. The van der Waals surface area contributed by atoms with Gasteiger partial charge in [-0.05, 0) is 62.3 Å². The Hall–Kier alpha value is -3.90. The average molecular weight is 749 g/mol. The minimum absolute atomic E-state index is 0.0324. The number of fused-ring (bicyclic) bond motifs is 3. The smallest absolute Gasteiger partial charge is 0.319 e. The summed E-state index contributed by atoms with van der Waals surface area (Å²) in [7, 11) is 0. The Kier molecular flexibility index (Phi) is 7.27. The van der Waals surface area contributed by atoms with Gasteiger partial charge in [0.2, 0.25) is 5.91 Å². The van der Waals surface area contributed by atoms with Crippen LogP contribution < -0.4 is 20.7 Å². The number of aromatic nitrogens is 2. The van der Waals surface area contributed by atoms with Crippen molar-refractivity contribution in [2.75, 3.05) is 56.5 Å². The zero-order valence-electron chi connectivity index (χ0n) is 28.2. The van der Waals surface area contributed by atoms with Gasteiger partial charge in [0.1, 0.15) is 47.0 Å². The number of halogens is 4. The minimum atomic E-state index is -0.943. The number of hydrogen-bond acceptors (Lipinski definition) is 10. The van der Waals surface area contributed by atoms with Crippen LogP contribution in [0.25, 0.3) is 32.1 Å². The van der Waals surface area contributed by atoms with Crippen LogP contribution in [-0.2, 0) is 4.79 Å². The van der Waals surface area contributed by atoms with Gasteiger partial charge in [0, 0.05) is 66.9 Å². The summed E-state index contributed by atoms with van der Waals surface area (Å²) in [5, 5.41) is 14.0. The molecule has 10 nitrogen and oxygen atoms in total. The first-order valence-electron chi connectivity index (χ1n) is 18.0. The van der Waals surface area contributed by atoms with Crippen molar-refractivity contribution in [3.8, 4) is 23.2 Å². The number of alkyl halides is 1. The number of carbonyl (C=O) groups excluding carboxylic acids is 1. The molecule has 270 valence electrons. The van der Waals surface area contributed by atoms with Crippen molar-refractivity contribution in [3.05, 3.63) is 40.4 Å². The Balaban J connectivity index is 1.02. The molecule has 0 radical (unpaired) electrons. The van der Waals surface area contributed by atoms with Gasteiger partial charge in [-0.3, -0.25) is 15.0 Å². The van der Waals surface area contributed by atoms with Gasteiger partial charge >= 0.3 is 6.01 Å². The summed E-state index contributed by atoms with van der Waals surface area (Å²) in [6, 6.07) is 6.48. The van der Waals surface area contributed by atoms with Crippen molar-refractivity contribution in [2.24, 2.45) is 11.3 Å². The van der Waals surface area contributed by atoms with E-state index in [9.17, 15) is 18.8 Å². The lowest BCUT2D eigenvalue weighted by Crippen LogP contribution is -2.58. The predicted molar refractivity (Wildman–Crippen MR) is 192 cm³/mol. The zero-order chi connectivity index (χ0) is 35.7. The normalized spacial score (nSPS) is 27.8. The standard InChI is InChI=1S/C37H36ClF3N8O2S/c38-23-10-21-29(27(41)26(23)20-4-5-24(40)31-25(20)22(12-42)32(43)52-31)45-35(51-17-37-6-1-8-49(37)13-19(39)11-37)46-33(21)48-15-36(16-48)7-9-47(14-36)34(50)30-28(44-30)18-2-3-18/h4-5,10,18-19,28,30,44H,1-3,6-9,11,13-17,43H2/t19-,28+,30-,37+/m1/s1. The first kappa shape index (κ1) is 32.7. The SMILES string of the molecule is N#Cc1c(N)sc2c(F)ccc(-c3c(Cl)cc4c(N5CC6(CCN(C(=O)[C@@H]7N[C@H]7C7CC7)C6)C5)nc(OC[C@@]56CCCN5C[C@H](F)C6)nc4c3F)c12. The molecule has 0 bridgehead atoms. The van der Waals surface area contributed by atoms with Gasteiger partial charge in [0.25, 0.3) is 0 Å². The highest BCUT2D eigenvalue weighted by atomic mass is 35.5. The van der Waals surface area contributed by atoms with Gasteiger partial charge in [-0.2, -0.15) is 15.2 Å². The molecular weight excluding hydrogens is 713 g/mol. The van der Waals surface area contributed by atoms with Gasteiger partial charge in [0.15, 0.2) is 5.82 Å². The molecule has 15 heteroatoms. The van der Waals surface area contributed by atoms with Crippen molar-refractivity contribution in [1.82, 2.24) is 25.1 Å².